The number of nitrogens with one attached hydrogen (secondary N) is 1. The standard InChI is InChI=1S/C19H14N4O4S2/c1-11-22-23-16(24)9-12(20-19(23)29-11)10-27-18(26)13-5-2-3-6-14(13)21-17(25)15-7-4-8-28-15/h2-9H,10H2,1H3,(H,21,25). The number of carbonyl (C=O) groups excluding carboxylic acids is 2. The summed E-state index contributed by atoms with van der Waals surface area (Å²) in [6, 6.07) is 11.3. The van der Waals surface area contributed by atoms with Gasteiger partial charge in [-0.2, -0.15) is 9.61 Å². The van der Waals surface area contributed by atoms with Crippen molar-refractivity contribution in [3.05, 3.63) is 79.3 Å². The fourth-order valence-corrected chi connectivity index (χ4v) is 3.99. The molecular formula is C19H14N4O4S2. The number of carbonyl (C=O) groups is 2. The first-order valence-corrected chi connectivity index (χ1v) is 10.2. The molecule has 8 nitrogen and oxygen atoms in total. The molecule has 0 aliphatic heterocycles. The Hall–Kier alpha value is -3.37. The zero-order chi connectivity index (χ0) is 20.4. The molecule has 4 aromatic rings. The van der Waals surface area contributed by atoms with Crippen molar-refractivity contribution in [3.63, 3.8) is 0 Å². The lowest BCUT2D eigenvalue weighted by atomic mass is 10.1. The summed E-state index contributed by atoms with van der Waals surface area (Å²) < 4.78 is 6.53. The van der Waals surface area contributed by atoms with Crippen molar-refractivity contribution >= 4 is 45.2 Å². The average molecular weight is 426 g/mol. The van der Waals surface area contributed by atoms with Crippen LogP contribution in [0.3, 0.4) is 0 Å². The number of aromatic nitrogens is 3. The van der Waals surface area contributed by atoms with Crippen LogP contribution in [0, 0.1) is 6.92 Å². The molecule has 146 valence electrons. The lowest BCUT2D eigenvalue weighted by molar-refractivity contribution is 0.0469. The van der Waals surface area contributed by atoms with Crippen molar-refractivity contribution in [2.45, 2.75) is 13.5 Å². The number of aryl methyl sites for hydroxylation is 1. The lowest BCUT2D eigenvalue weighted by Gasteiger charge is -2.10. The molecule has 0 unspecified atom stereocenters. The molecule has 0 saturated heterocycles. The Morgan fingerprint density at radius 1 is 1.21 bits per heavy atom. The van der Waals surface area contributed by atoms with Gasteiger partial charge in [-0.3, -0.25) is 9.59 Å². The smallest absolute Gasteiger partial charge is 0.340 e. The quantitative estimate of drug-likeness (QED) is 0.492. The fraction of sp³-hybridized carbons (Fsp3) is 0.105. The summed E-state index contributed by atoms with van der Waals surface area (Å²) in [6.45, 7) is 1.61. The van der Waals surface area contributed by atoms with Crippen LogP contribution in [0.15, 0.2) is 52.6 Å². The maximum atomic E-state index is 12.6. The van der Waals surface area contributed by atoms with E-state index in [9.17, 15) is 14.4 Å². The largest absolute Gasteiger partial charge is 0.456 e. The molecule has 0 bridgehead atoms. The van der Waals surface area contributed by atoms with Crippen LogP contribution in [-0.4, -0.2) is 26.5 Å². The Kier molecular flexibility index (Phi) is 5.19. The van der Waals surface area contributed by atoms with Crippen LogP contribution in [0.4, 0.5) is 5.69 Å². The van der Waals surface area contributed by atoms with E-state index in [0.29, 0.717) is 26.2 Å². The minimum atomic E-state index is -0.630. The third-order valence-electron chi connectivity index (χ3n) is 3.89. The number of esters is 1. The second kappa shape index (κ2) is 7.94. The number of ether oxygens (including phenoxy) is 1. The van der Waals surface area contributed by atoms with E-state index in [1.54, 1.807) is 48.7 Å². The second-order valence-electron chi connectivity index (χ2n) is 5.95. The molecule has 0 radical (unpaired) electrons. The number of hydrogen-bond acceptors (Lipinski definition) is 8. The third kappa shape index (κ3) is 4.08. The maximum Gasteiger partial charge on any atom is 0.340 e. The summed E-state index contributed by atoms with van der Waals surface area (Å²) in [6.07, 6.45) is 0. The number of para-hydroxylation sites is 1. The Bertz CT molecular complexity index is 1260. The number of hydrogen-bond donors (Lipinski definition) is 1. The van der Waals surface area contributed by atoms with Crippen molar-refractivity contribution in [2.75, 3.05) is 5.32 Å². The molecule has 3 heterocycles. The summed E-state index contributed by atoms with van der Waals surface area (Å²) in [5, 5.41) is 9.30. The topological polar surface area (TPSA) is 103 Å². The normalized spacial score (nSPS) is 10.8. The number of rotatable bonds is 5. The molecule has 1 amide bonds. The Labute approximate surface area is 172 Å². The van der Waals surface area contributed by atoms with E-state index in [2.05, 4.69) is 15.4 Å². The monoisotopic (exact) mass is 426 g/mol. The van der Waals surface area contributed by atoms with Gasteiger partial charge in [-0.25, -0.2) is 9.78 Å². The zero-order valence-corrected chi connectivity index (χ0v) is 16.8. The number of anilines is 1. The Morgan fingerprint density at radius 3 is 2.83 bits per heavy atom. The summed E-state index contributed by atoms with van der Waals surface area (Å²) in [4.78, 5) is 42.2. The summed E-state index contributed by atoms with van der Waals surface area (Å²) in [5.74, 6) is -0.935. The summed E-state index contributed by atoms with van der Waals surface area (Å²) in [5.41, 5.74) is 0.544. The minimum Gasteiger partial charge on any atom is -0.456 e. The molecular weight excluding hydrogens is 412 g/mol. The molecule has 1 N–H and O–H groups in total. The van der Waals surface area contributed by atoms with Gasteiger partial charge < -0.3 is 10.1 Å². The van der Waals surface area contributed by atoms with Crippen LogP contribution in [0.25, 0.3) is 4.96 Å². The molecule has 4 rings (SSSR count). The molecule has 1 aromatic carbocycles. The molecule has 0 saturated carbocycles. The van der Waals surface area contributed by atoms with Crippen molar-refractivity contribution in [2.24, 2.45) is 0 Å². The minimum absolute atomic E-state index is 0.172. The second-order valence-corrected chi connectivity index (χ2v) is 8.06. The van der Waals surface area contributed by atoms with Gasteiger partial charge in [0.15, 0.2) is 0 Å². The van der Waals surface area contributed by atoms with Crippen LogP contribution < -0.4 is 10.9 Å². The van der Waals surface area contributed by atoms with Crippen LogP contribution in [0.2, 0.25) is 0 Å². The number of thiophene rings is 1. The first-order valence-electron chi connectivity index (χ1n) is 8.48. The van der Waals surface area contributed by atoms with Gasteiger partial charge in [0, 0.05) is 6.07 Å². The van der Waals surface area contributed by atoms with E-state index in [-0.39, 0.29) is 23.6 Å². The predicted molar refractivity (Wildman–Crippen MR) is 110 cm³/mol. The number of amides is 1. The molecule has 10 heteroatoms. The van der Waals surface area contributed by atoms with E-state index in [4.69, 9.17) is 4.74 Å². The van der Waals surface area contributed by atoms with Gasteiger partial charge in [0.2, 0.25) is 4.96 Å². The average Bonchev–Trinajstić information content (AvgIpc) is 3.36. The van der Waals surface area contributed by atoms with Gasteiger partial charge >= 0.3 is 5.97 Å². The Balaban J connectivity index is 1.50. The van der Waals surface area contributed by atoms with Crippen LogP contribution in [0.5, 0.6) is 0 Å². The molecule has 0 fully saturated rings. The van der Waals surface area contributed by atoms with Gasteiger partial charge in [0.1, 0.15) is 11.6 Å². The summed E-state index contributed by atoms with van der Waals surface area (Å²) >= 11 is 2.58. The number of nitrogens with zero attached hydrogens (tertiary/aromatic N) is 3. The van der Waals surface area contributed by atoms with Crippen LogP contribution in [0.1, 0.15) is 30.7 Å². The molecule has 0 atom stereocenters. The highest BCUT2D eigenvalue weighted by Crippen LogP contribution is 2.19. The third-order valence-corrected chi connectivity index (χ3v) is 5.58. The summed E-state index contributed by atoms with van der Waals surface area (Å²) in [7, 11) is 0. The predicted octanol–water partition coefficient (Wildman–Crippen LogP) is 3.13. The number of fused-ring (bicyclic) bond motifs is 1. The maximum absolute atomic E-state index is 12.6. The van der Waals surface area contributed by atoms with E-state index < -0.39 is 5.97 Å². The number of benzene rings is 1. The molecule has 0 spiro atoms. The highest BCUT2D eigenvalue weighted by atomic mass is 32.1. The first kappa shape index (κ1) is 19.0. The van der Waals surface area contributed by atoms with E-state index in [1.165, 1.54) is 33.3 Å². The van der Waals surface area contributed by atoms with Gasteiger partial charge in [0.25, 0.3) is 11.5 Å². The van der Waals surface area contributed by atoms with Crippen molar-refractivity contribution in [1.29, 1.82) is 0 Å². The highest BCUT2D eigenvalue weighted by molar-refractivity contribution is 7.16. The van der Waals surface area contributed by atoms with Crippen molar-refractivity contribution in [1.82, 2.24) is 14.6 Å². The SMILES string of the molecule is Cc1nn2c(=O)cc(COC(=O)c3ccccc3NC(=O)c3cccs3)nc2s1. The molecule has 0 aliphatic carbocycles. The van der Waals surface area contributed by atoms with Crippen molar-refractivity contribution < 1.29 is 14.3 Å². The Morgan fingerprint density at radius 2 is 2.03 bits per heavy atom. The molecule has 0 aliphatic rings. The van der Waals surface area contributed by atoms with Crippen LogP contribution in [-0.2, 0) is 11.3 Å². The van der Waals surface area contributed by atoms with Gasteiger partial charge in [-0.1, -0.05) is 29.5 Å². The first-order chi connectivity index (χ1) is 14.0. The van der Waals surface area contributed by atoms with E-state index in [0.717, 1.165) is 0 Å². The lowest BCUT2D eigenvalue weighted by Crippen LogP contribution is -2.17. The highest BCUT2D eigenvalue weighted by Gasteiger charge is 2.16. The van der Waals surface area contributed by atoms with E-state index in [1.807, 2.05) is 0 Å². The van der Waals surface area contributed by atoms with Gasteiger partial charge in [-0.15, -0.1) is 11.3 Å². The van der Waals surface area contributed by atoms with Gasteiger partial charge in [0.05, 0.1) is 21.8 Å². The zero-order valence-electron chi connectivity index (χ0n) is 15.1. The molecule has 3 aromatic heterocycles. The van der Waals surface area contributed by atoms with Crippen molar-refractivity contribution in [3.8, 4) is 0 Å². The van der Waals surface area contributed by atoms with Gasteiger partial charge in [-0.05, 0) is 30.5 Å². The molecule has 29 heavy (non-hydrogen) atoms. The van der Waals surface area contributed by atoms with E-state index >= 15 is 0 Å². The fourth-order valence-electron chi connectivity index (χ4n) is 2.60. The van der Waals surface area contributed by atoms with Crippen LogP contribution >= 0.6 is 22.7 Å².